The van der Waals surface area contributed by atoms with E-state index in [4.69, 9.17) is 21.1 Å². The number of amides is 1. The number of carbonyl (C=O) groups excluding carboxylic acids is 2. The van der Waals surface area contributed by atoms with Crippen molar-refractivity contribution in [1.29, 1.82) is 0 Å². The number of hydrogen-bond donors (Lipinski definition) is 1. The fourth-order valence-electron chi connectivity index (χ4n) is 1.95. The fourth-order valence-corrected chi connectivity index (χ4v) is 2.98. The molecule has 128 valence electrons. The molecule has 1 amide bonds. The molecule has 0 aliphatic heterocycles. The van der Waals surface area contributed by atoms with Crippen LogP contribution in [0.15, 0.2) is 16.6 Å². The van der Waals surface area contributed by atoms with Gasteiger partial charge in [0.1, 0.15) is 5.75 Å². The van der Waals surface area contributed by atoms with Crippen LogP contribution in [0.5, 0.6) is 5.75 Å². The van der Waals surface area contributed by atoms with Gasteiger partial charge in [-0.25, -0.2) is 4.79 Å². The van der Waals surface area contributed by atoms with Crippen LogP contribution in [0, 0.1) is 6.92 Å². The van der Waals surface area contributed by atoms with Gasteiger partial charge >= 0.3 is 5.97 Å². The minimum absolute atomic E-state index is 0.0988. The van der Waals surface area contributed by atoms with Gasteiger partial charge in [0.2, 0.25) is 0 Å². The Morgan fingerprint density at radius 3 is 2.48 bits per heavy atom. The van der Waals surface area contributed by atoms with E-state index in [0.29, 0.717) is 10.8 Å². The Kier molecular flexibility index (Phi) is 8.41. The quantitative estimate of drug-likeness (QED) is 0.670. The molecule has 0 atom stereocenters. The van der Waals surface area contributed by atoms with Crippen molar-refractivity contribution in [2.45, 2.75) is 39.7 Å². The Labute approximate surface area is 149 Å². The Balaban J connectivity index is 2.42. The third-order valence-electron chi connectivity index (χ3n) is 3.24. The number of benzene rings is 1. The highest BCUT2D eigenvalue weighted by Gasteiger charge is 2.13. The number of carbonyl (C=O) groups is 2. The first-order valence-electron chi connectivity index (χ1n) is 7.40. The first kappa shape index (κ1) is 19.8. The number of esters is 1. The molecule has 0 aromatic heterocycles. The van der Waals surface area contributed by atoms with Crippen molar-refractivity contribution in [3.8, 4) is 5.75 Å². The fraction of sp³-hybridized carbons (Fsp3) is 0.500. The summed E-state index contributed by atoms with van der Waals surface area (Å²) in [5.41, 5.74) is 0.795. The van der Waals surface area contributed by atoms with Crippen LogP contribution in [0.3, 0.4) is 0 Å². The molecule has 0 aliphatic carbocycles. The predicted molar refractivity (Wildman–Crippen MR) is 92.9 cm³/mol. The van der Waals surface area contributed by atoms with Crippen LogP contribution in [0.2, 0.25) is 5.02 Å². The van der Waals surface area contributed by atoms with E-state index in [0.717, 1.165) is 22.9 Å². The minimum atomic E-state index is -0.622. The second kappa shape index (κ2) is 9.78. The zero-order chi connectivity index (χ0) is 17.4. The SMILES string of the molecule is CCC(CC)NC(=O)COC(=O)COc1c(C)cc(Br)cc1Cl. The van der Waals surface area contributed by atoms with Crippen molar-refractivity contribution in [3.63, 3.8) is 0 Å². The smallest absolute Gasteiger partial charge is 0.344 e. The molecular formula is C16H21BrClNO4. The van der Waals surface area contributed by atoms with Crippen LogP contribution in [0.25, 0.3) is 0 Å². The van der Waals surface area contributed by atoms with E-state index < -0.39 is 5.97 Å². The van der Waals surface area contributed by atoms with E-state index >= 15 is 0 Å². The standard InChI is InChI=1S/C16H21BrClNO4/c1-4-12(5-2)19-14(20)8-22-15(21)9-23-16-10(3)6-11(17)7-13(16)18/h6-7,12H,4-5,8-9H2,1-3H3,(H,19,20). The van der Waals surface area contributed by atoms with E-state index in [2.05, 4.69) is 21.2 Å². The van der Waals surface area contributed by atoms with Crippen LogP contribution >= 0.6 is 27.5 Å². The molecule has 0 fully saturated rings. The van der Waals surface area contributed by atoms with Gasteiger partial charge in [-0.1, -0.05) is 41.4 Å². The van der Waals surface area contributed by atoms with Gasteiger partial charge in [0.15, 0.2) is 13.2 Å². The van der Waals surface area contributed by atoms with Crippen molar-refractivity contribution in [3.05, 3.63) is 27.2 Å². The van der Waals surface area contributed by atoms with Crippen LogP contribution in [0.4, 0.5) is 0 Å². The van der Waals surface area contributed by atoms with E-state index in [9.17, 15) is 9.59 Å². The van der Waals surface area contributed by atoms with Crippen molar-refractivity contribution in [1.82, 2.24) is 5.32 Å². The molecule has 1 N–H and O–H groups in total. The lowest BCUT2D eigenvalue weighted by Crippen LogP contribution is -2.37. The van der Waals surface area contributed by atoms with E-state index in [1.54, 1.807) is 6.07 Å². The molecule has 1 aromatic rings. The first-order valence-corrected chi connectivity index (χ1v) is 8.57. The Morgan fingerprint density at radius 2 is 1.91 bits per heavy atom. The van der Waals surface area contributed by atoms with Gasteiger partial charge in [-0.05, 0) is 37.5 Å². The van der Waals surface area contributed by atoms with Gasteiger partial charge in [0.05, 0.1) is 5.02 Å². The largest absolute Gasteiger partial charge is 0.480 e. The molecule has 0 aliphatic rings. The maximum atomic E-state index is 11.7. The van der Waals surface area contributed by atoms with Gasteiger partial charge in [-0.15, -0.1) is 0 Å². The summed E-state index contributed by atoms with van der Waals surface area (Å²) < 4.78 is 11.1. The average Bonchev–Trinajstić information content (AvgIpc) is 2.49. The Morgan fingerprint density at radius 1 is 1.26 bits per heavy atom. The summed E-state index contributed by atoms with van der Waals surface area (Å²) in [6, 6.07) is 3.61. The summed E-state index contributed by atoms with van der Waals surface area (Å²) in [5, 5.41) is 3.19. The number of nitrogens with one attached hydrogen (secondary N) is 1. The van der Waals surface area contributed by atoms with Gasteiger partial charge in [0, 0.05) is 10.5 Å². The second-order valence-electron chi connectivity index (χ2n) is 5.06. The third kappa shape index (κ3) is 6.79. The number of hydrogen-bond acceptors (Lipinski definition) is 4. The summed E-state index contributed by atoms with van der Waals surface area (Å²) in [4.78, 5) is 23.3. The highest BCUT2D eigenvalue weighted by molar-refractivity contribution is 9.10. The zero-order valence-corrected chi connectivity index (χ0v) is 15.8. The van der Waals surface area contributed by atoms with Gasteiger partial charge in [0.25, 0.3) is 5.91 Å². The Hall–Kier alpha value is -1.27. The lowest BCUT2D eigenvalue weighted by Gasteiger charge is -2.15. The lowest BCUT2D eigenvalue weighted by molar-refractivity contribution is -0.150. The summed E-state index contributed by atoms with van der Waals surface area (Å²) in [5.74, 6) is -0.513. The van der Waals surface area contributed by atoms with E-state index in [-0.39, 0.29) is 25.2 Å². The summed E-state index contributed by atoms with van der Waals surface area (Å²) in [7, 11) is 0. The van der Waals surface area contributed by atoms with Crippen LogP contribution in [-0.4, -0.2) is 31.1 Å². The van der Waals surface area contributed by atoms with Crippen LogP contribution < -0.4 is 10.1 Å². The number of halogens is 2. The van der Waals surface area contributed by atoms with Gasteiger partial charge in [-0.2, -0.15) is 0 Å². The number of ether oxygens (including phenoxy) is 2. The van der Waals surface area contributed by atoms with Crippen LogP contribution in [0.1, 0.15) is 32.3 Å². The molecule has 0 radical (unpaired) electrons. The molecule has 0 saturated carbocycles. The average molecular weight is 407 g/mol. The van der Waals surface area contributed by atoms with E-state index in [1.807, 2.05) is 26.8 Å². The molecule has 1 aromatic carbocycles. The molecule has 23 heavy (non-hydrogen) atoms. The third-order valence-corrected chi connectivity index (χ3v) is 3.98. The molecule has 5 nitrogen and oxygen atoms in total. The van der Waals surface area contributed by atoms with Crippen molar-refractivity contribution < 1.29 is 19.1 Å². The van der Waals surface area contributed by atoms with Crippen molar-refractivity contribution in [2.75, 3.05) is 13.2 Å². The van der Waals surface area contributed by atoms with Crippen molar-refractivity contribution >= 4 is 39.4 Å². The molecule has 0 unspecified atom stereocenters. The first-order chi connectivity index (χ1) is 10.9. The normalized spacial score (nSPS) is 10.5. The topological polar surface area (TPSA) is 64.6 Å². The van der Waals surface area contributed by atoms with Crippen LogP contribution in [-0.2, 0) is 14.3 Å². The maximum absolute atomic E-state index is 11.7. The van der Waals surface area contributed by atoms with Crippen molar-refractivity contribution in [2.24, 2.45) is 0 Å². The lowest BCUT2D eigenvalue weighted by atomic mass is 10.2. The molecule has 7 heteroatoms. The molecular weight excluding hydrogens is 386 g/mol. The van der Waals surface area contributed by atoms with Gasteiger partial charge < -0.3 is 14.8 Å². The summed E-state index contributed by atoms with van der Waals surface area (Å²) >= 11 is 9.39. The molecule has 0 saturated heterocycles. The zero-order valence-electron chi connectivity index (χ0n) is 13.4. The molecule has 1 rings (SSSR count). The van der Waals surface area contributed by atoms with E-state index in [1.165, 1.54) is 0 Å². The Bertz CT molecular complexity index is 538. The number of rotatable bonds is 8. The highest BCUT2D eigenvalue weighted by Crippen LogP contribution is 2.31. The molecule has 0 bridgehead atoms. The summed E-state index contributed by atoms with van der Waals surface area (Å²) in [6.07, 6.45) is 1.67. The molecule has 0 heterocycles. The minimum Gasteiger partial charge on any atom is -0.480 e. The second-order valence-corrected chi connectivity index (χ2v) is 6.39. The molecule has 0 spiro atoms. The van der Waals surface area contributed by atoms with Gasteiger partial charge in [-0.3, -0.25) is 4.79 Å². The highest BCUT2D eigenvalue weighted by atomic mass is 79.9. The summed E-state index contributed by atoms with van der Waals surface area (Å²) in [6.45, 7) is 5.17. The maximum Gasteiger partial charge on any atom is 0.344 e. The number of aryl methyl sites for hydroxylation is 1. The predicted octanol–water partition coefficient (Wildman–Crippen LogP) is 3.64. The monoisotopic (exact) mass is 405 g/mol.